The van der Waals surface area contributed by atoms with E-state index in [4.69, 9.17) is 5.73 Å². The van der Waals surface area contributed by atoms with Crippen LogP contribution in [0, 0.1) is 5.82 Å². The van der Waals surface area contributed by atoms with E-state index in [0.717, 1.165) is 25.9 Å². The standard InChI is InChI=1S/C16H25FN2/c1-15(2,3)19-10-8-16(12-18,9-11-19)13-4-6-14(17)7-5-13/h4-7H,8-12,18H2,1-3H3. The summed E-state index contributed by atoms with van der Waals surface area (Å²) < 4.78 is 13.1. The van der Waals surface area contributed by atoms with Crippen LogP contribution in [0.15, 0.2) is 24.3 Å². The molecule has 0 saturated carbocycles. The van der Waals surface area contributed by atoms with E-state index in [0.29, 0.717) is 6.54 Å². The second kappa shape index (κ2) is 5.22. The molecule has 3 heteroatoms. The van der Waals surface area contributed by atoms with Gasteiger partial charge in [0.25, 0.3) is 0 Å². The first-order valence-electron chi connectivity index (χ1n) is 7.09. The summed E-state index contributed by atoms with van der Waals surface area (Å²) in [6, 6.07) is 6.88. The van der Waals surface area contributed by atoms with E-state index in [1.54, 1.807) is 12.1 Å². The number of hydrogen-bond acceptors (Lipinski definition) is 2. The van der Waals surface area contributed by atoms with Crippen molar-refractivity contribution in [2.24, 2.45) is 5.73 Å². The average Bonchev–Trinajstić information content (AvgIpc) is 2.38. The molecule has 2 N–H and O–H groups in total. The van der Waals surface area contributed by atoms with E-state index in [-0.39, 0.29) is 16.8 Å². The molecule has 0 aliphatic carbocycles. The first-order valence-corrected chi connectivity index (χ1v) is 7.09. The van der Waals surface area contributed by atoms with Crippen molar-refractivity contribution < 1.29 is 4.39 Å². The fourth-order valence-corrected chi connectivity index (χ4v) is 3.02. The van der Waals surface area contributed by atoms with Gasteiger partial charge in [0.1, 0.15) is 5.82 Å². The number of halogens is 1. The highest BCUT2D eigenvalue weighted by molar-refractivity contribution is 5.27. The Hall–Kier alpha value is -0.930. The molecule has 0 aromatic heterocycles. The molecule has 0 amide bonds. The molecule has 1 aliphatic rings. The first-order chi connectivity index (χ1) is 8.87. The summed E-state index contributed by atoms with van der Waals surface area (Å²) in [5.74, 6) is -0.178. The van der Waals surface area contributed by atoms with E-state index in [1.165, 1.54) is 5.56 Å². The molecule has 0 radical (unpaired) electrons. The van der Waals surface area contributed by atoms with Crippen LogP contribution in [0.5, 0.6) is 0 Å². The van der Waals surface area contributed by atoms with E-state index in [2.05, 4.69) is 25.7 Å². The topological polar surface area (TPSA) is 29.3 Å². The lowest BCUT2D eigenvalue weighted by molar-refractivity contribution is 0.0763. The van der Waals surface area contributed by atoms with Crippen LogP contribution >= 0.6 is 0 Å². The van der Waals surface area contributed by atoms with E-state index in [1.807, 2.05) is 12.1 Å². The van der Waals surface area contributed by atoms with Crippen molar-refractivity contribution in [3.63, 3.8) is 0 Å². The van der Waals surface area contributed by atoms with E-state index >= 15 is 0 Å². The predicted molar refractivity (Wildman–Crippen MR) is 77.7 cm³/mol. The first kappa shape index (κ1) is 14.5. The minimum atomic E-state index is -0.178. The maximum atomic E-state index is 13.1. The van der Waals surface area contributed by atoms with E-state index < -0.39 is 0 Å². The quantitative estimate of drug-likeness (QED) is 0.890. The summed E-state index contributed by atoms with van der Waals surface area (Å²) in [6.07, 6.45) is 2.10. The van der Waals surface area contributed by atoms with Crippen LogP contribution in [0.2, 0.25) is 0 Å². The smallest absolute Gasteiger partial charge is 0.123 e. The Labute approximate surface area is 115 Å². The summed E-state index contributed by atoms with van der Waals surface area (Å²) in [4.78, 5) is 2.50. The lowest BCUT2D eigenvalue weighted by Gasteiger charge is -2.46. The van der Waals surface area contributed by atoms with Crippen LogP contribution < -0.4 is 5.73 Å². The molecular formula is C16H25FN2. The van der Waals surface area contributed by atoms with Crippen LogP contribution in [0.3, 0.4) is 0 Å². The number of likely N-dealkylation sites (tertiary alicyclic amines) is 1. The van der Waals surface area contributed by atoms with Gasteiger partial charge in [0.15, 0.2) is 0 Å². The molecule has 2 rings (SSSR count). The zero-order chi connectivity index (χ0) is 14.1. The van der Waals surface area contributed by atoms with Crippen LogP contribution in [-0.4, -0.2) is 30.1 Å². The van der Waals surface area contributed by atoms with Crippen LogP contribution in [0.4, 0.5) is 4.39 Å². The van der Waals surface area contributed by atoms with Crippen molar-refractivity contribution in [3.8, 4) is 0 Å². The van der Waals surface area contributed by atoms with Gasteiger partial charge in [0.2, 0.25) is 0 Å². The Morgan fingerprint density at radius 1 is 1.16 bits per heavy atom. The summed E-state index contributed by atoms with van der Waals surface area (Å²) in [5.41, 5.74) is 7.47. The van der Waals surface area contributed by atoms with Gasteiger partial charge in [-0.15, -0.1) is 0 Å². The minimum absolute atomic E-state index is 0.0233. The molecular weight excluding hydrogens is 239 g/mol. The average molecular weight is 264 g/mol. The second-order valence-electron chi connectivity index (χ2n) is 6.65. The molecule has 1 aliphatic heterocycles. The van der Waals surface area contributed by atoms with Gasteiger partial charge in [0.05, 0.1) is 0 Å². The zero-order valence-electron chi connectivity index (χ0n) is 12.2. The van der Waals surface area contributed by atoms with Crippen molar-refractivity contribution in [2.75, 3.05) is 19.6 Å². The molecule has 1 aromatic carbocycles. The van der Waals surface area contributed by atoms with Gasteiger partial charge in [-0.3, -0.25) is 4.90 Å². The Morgan fingerprint density at radius 2 is 1.68 bits per heavy atom. The molecule has 1 saturated heterocycles. The molecule has 19 heavy (non-hydrogen) atoms. The van der Waals surface area contributed by atoms with Gasteiger partial charge in [-0.1, -0.05) is 12.1 Å². The van der Waals surface area contributed by atoms with Crippen LogP contribution in [0.25, 0.3) is 0 Å². The maximum Gasteiger partial charge on any atom is 0.123 e. The monoisotopic (exact) mass is 264 g/mol. The number of piperidine rings is 1. The molecule has 1 heterocycles. The molecule has 0 atom stereocenters. The third-order valence-corrected chi connectivity index (χ3v) is 4.52. The number of hydrogen-bond donors (Lipinski definition) is 1. The summed E-state index contributed by atoms with van der Waals surface area (Å²) >= 11 is 0. The van der Waals surface area contributed by atoms with Gasteiger partial charge < -0.3 is 5.73 Å². The number of benzene rings is 1. The predicted octanol–water partition coefficient (Wildman–Crippen LogP) is 2.92. The number of nitrogens with two attached hydrogens (primary N) is 1. The van der Waals surface area contributed by atoms with Crippen molar-refractivity contribution >= 4 is 0 Å². The highest BCUT2D eigenvalue weighted by Crippen LogP contribution is 2.36. The maximum absolute atomic E-state index is 13.1. The van der Waals surface area contributed by atoms with Gasteiger partial charge in [-0.25, -0.2) is 4.39 Å². The lowest BCUT2D eigenvalue weighted by atomic mass is 9.72. The Balaban J connectivity index is 2.16. The van der Waals surface area contributed by atoms with Crippen molar-refractivity contribution in [1.29, 1.82) is 0 Å². The molecule has 0 bridgehead atoms. The molecule has 0 spiro atoms. The van der Waals surface area contributed by atoms with Crippen LogP contribution in [0.1, 0.15) is 39.2 Å². The second-order valence-corrected chi connectivity index (χ2v) is 6.65. The van der Waals surface area contributed by atoms with Crippen molar-refractivity contribution in [3.05, 3.63) is 35.6 Å². The Morgan fingerprint density at radius 3 is 2.11 bits per heavy atom. The number of rotatable bonds is 2. The Bertz CT molecular complexity index is 411. The molecule has 2 nitrogen and oxygen atoms in total. The SMILES string of the molecule is CC(C)(C)N1CCC(CN)(c2ccc(F)cc2)CC1. The van der Waals surface area contributed by atoms with Crippen molar-refractivity contribution in [2.45, 2.75) is 44.6 Å². The summed E-state index contributed by atoms with van der Waals surface area (Å²) in [5, 5.41) is 0. The van der Waals surface area contributed by atoms with Gasteiger partial charge >= 0.3 is 0 Å². The molecule has 1 aromatic rings. The van der Waals surface area contributed by atoms with Crippen molar-refractivity contribution in [1.82, 2.24) is 4.90 Å². The van der Waals surface area contributed by atoms with E-state index in [9.17, 15) is 4.39 Å². The molecule has 106 valence electrons. The van der Waals surface area contributed by atoms with Gasteiger partial charge in [-0.05, 0) is 64.4 Å². The third kappa shape index (κ3) is 2.98. The highest BCUT2D eigenvalue weighted by Gasteiger charge is 2.37. The van der Waals surface area contributed by atoms with Gasteiger partial charge in [-0.2, -0.15) is 0 Å². The molecule has 1 fully saturated rings. The normalized spacial score (nSPS) is 20.5. The largest absolute Gasteiger partial charge is 0.330 e. The Kier molecular flexibility index (Phi) is 3.98. The third-order valence-electron chi connectivity index (χ3n) is 4.52. The summed E-state index contributed by atoms with van der Waals surface area (Å²) in [6.45, 7) is 9.49. The summed E-state index contributed by atoms with van der Waals surface area (Å²) in [7, 11) is 0. The minimum Gasteiger partial charge on any atom is -0.330 e. The highest BCUT2D eigenvalue weighted by atomic mass is 19.1. The lowest BCUT2D eigenvalue weighted by Crippen LogP contribution is -2.52. The van der Waals surface area contributed by atoms with Gasteiger partial charge in [0, 0.05) is 17.5 Å². The fraction of sp³-hybridized carbons (Fsp3) is 0.625. The molecule has 0 unspecified atom stereocenters. The zero-order valence-corrected chi connectivity index (χ0v) is 12.2. The number of nitrogens with zero attached hydrogens (tertiary/aromatic N) is 1. The van der Waals surface area contributed by atoms with Crippen LogP contribution in [-0.2, 0) is 5.41 Å². The fourth-order valence-electron chi connectivity index (χ4n) is 3.02.